The summed E-state index contributed by atoms with van der Waals surface area (Å²) in [4.78, 5) is 24.5. The van der Waals surface area contributed by atoms with Gasteiger partial charge in [0.2, 0.25) is 5.91 Å². The highest BCUT2D eigenvalue weighted by Crippen LogP contribution is 2.13. The van der Waals surface area contributed by atoms with E-state index in [-0.39, 0.29) is 5.56 Å². The summed E-state index contributed by atoms with van der Waals surface area (Å²) in [5.74, 6) is -0.290. The van der Waals surface area contributed by atoms with Crippen molar-refractivity contribution in [2.24, 2.45) is 0 Å². The molecule has 9 heteroatoms. The van der Waals surface area contributed by atoms with E-state index in [0.29, 0.717) is 24.7 Å². The number of hydrogen-bond acceptors (Lipinski definition) is 5. The number of aryl methyl sites for hydroxylation is 1. The molecule has 3 rings (SSSR count). The van der Waals surface area contributed by atoms with Gasteiger partial charge in [0.05, 0.1) is 5.69 Å². The molecule has 2 aromatic heterocycles. The van der Waals surface area contributed by atoms with Crippen LogP contribution in [0, 0.1) is 25.5 Å². The minimum Gasteiger partial charge on any atom is -0.368 e. The molecule has 0 fully saturated rings. The Morgan fingerprint density at radius 3 is 2.72 bits per heavy atom. The number of imidazole rings is 1. The molecule has 2 N–H and O–H groups in total. The smallest absolute Gasteiger partial charge is 0.244 e. The summed E-state index contributed by atoms with van der Waals surface area (Å²) in [5.41, 5.74) is 1.92. The average molecular weight is 398 g/mol. The lowest BCUT2D eigenvalue weighted by molar-refractivity contribution is -0.116. The maximum absolute atomic E-state index is 13.5. The first-order valence-electron chi connectivity index (χ1n) is 8.92. The van der Waals surface area contributed by atoms with Crippen molar-refractivity contribution in [3.8, 4) is 5.82 Å². The van der Waals surface area contributed by atoms with Gasteiger partial charge in [-0.15, -0.1) is 0 Å². The number of aromatic nitrogens is 4. The number of anilines is 1. The molecule has 2 heterocycles. The molecule has 0 aliphatic heterocycles. The summed E-state index contributed by atoms with van der Waals surface area (Å²) in [5, 5.41) is 5.75. The first-order valence-corrected chi connectivity index (χ1v) is 8.92. The van der Waals surface area contributed by atoms with E-state index < -0.39 is 17.5 Å². The number of nitrogens with one attached hydrogen (secondary N) is 2. The summed E-state index contributed by atoms with van der Waals surface area (Å²) in [6.45, 7) is 4.62. The minimum absolute atomic E-state index is 0.0109. The average Bonchev–Trinajstić information content (AvgIpc) is 3.05. The lowest BCUT2D eigenvalue weighted by Crippen LogP contribution is -2.27. The lowest BCUT2D eigenvalue weighted by atomic mass is 10.2. The Kier molecular flexibility index (Phi) is 6.28. The summed E-state index contributed by atoms with van der Waals surface area (Å²) in [7, 11) is 0. The van der Waals surface area contributed by atoms with E-state index in [1.807, 2.05) is 18.4 Å². The van der Waals surface area contributed by atoms with Crippen LogP contribution in [0.5, 0.6) is 0 Å². The lowest BCUT2D eigenvalue weighted by Gasteiger charge is -2.09. The van der Waals surface area contributed by atoms with Crippen LogP contribution in [-0.4, -0.2) is 38.5 Å². The van der Waals surface area contributed by atoms with Crippen LogP contribution in [0.25, 0.3) is 11.9 Å². The van der Waals surface area contributed by atoms with Crippen LogP contribution >= 0.6 is 0 Å². The number of carbonyl (C=O) groups excluding carboxylic acids is 1. The van der Waals surface area contributed by atoms with Gasteiger partial charge in [0.15, 0.2) is 0 Å². The molecule has 1 aromatic carbocycles. The topological polar surface area (TPSA) is 84.7 Å². The third kappa shape index (κ3) is 5.22. The highest BCUT2D eigenvalue weighted by molar-refractivity contribution is 5.91. The van der Waals surface area contributed by atoms with E-state index in [2.05, 4.69) is 25.6 Å². The fourth-order valence-electron chi connectivity index (χ4n) is 2.55. The Bertz CT molecular complexity index is 1050. The van der Waals surface area contributed by atoms with Crippen molar-refractivity contribution in [3.05, 3.63) is 71.6 Å². The first kappa shape index (κ1) is 20.1. The van der Waals surface area contributed by atoms with Crippen molar-refractivity contribution in [2.45, 2.75) is 13.8 Å². The second-order valence-electron chi connectivity index (χ2n) is 6.26. The van der Waals surface area contributed by atoms with E-state index in [1.54, 1.807) is 12.4 Å². The second-order valence-corrected chi connectivity index (χ2v) is 6.26. The second kappa shape index (κ2) is 9.05. The quantitative estimate of drug-likeness (QED) is 0.472. The molecule has 0 aliphatic carbocycles. The molecule has 1 amide bonds. The molecular formula is C20H20F2N6O. The van der Waals surface area contributed by atoms with Crippen molar-refractivity contribution < 1.29 is 13.6 Å². The van der Waals surface area contributed by atoms with Gasteiger partial charge < -0.3 is 10.6 Å². The number of rotatable bonds is 7. The van der Waals surface area contributed by atoms with Crippen LogP contribution in [-0.2, 0) is 4.79 Å². The van der Waals surface area contributed by atoms with Gasteiger partial charge in [-0.05, 0) is 38.1 Å². The van der Waals surface area contributed by atoms with Crippen LogP contribution in [0.3, 0.4) is 0 Å². The molecule has 7 nitrogen and oxygen atoms in total. The summed E-state index contributed by atoms with van der Waals surface area (Å²) in [6.07, 6.45) is 5.53. The van der Waals surface area contributed by atoms with E-state index in [0.717, 1.165) is 35.7 Å². The monoisotopic (exact) mass is 398 g/mol. The van der Waals surface area contributed by atoms with Gasteiger partial charge in [-0.25, -0.2) is 23.7 Å². The first-order chi connectivity index (χ1) is 13.9. The standard InChI is InChI=1S/C20H20F2N6O/c1-13-14(2)28(12-27-13)19-10-18(25-11-26-19)23-7-8-24-20(29)6-3-15-9-16(21)4-5-17(15)22/h3-6,9-12H,7-8H2,1-2H3,(H,24,29)(H,23,25,26)/b6-3+. The van der Waals surface area contributed by atoms with Gasteiger partial charge in [0, 0.05) is 36.5 Å². The third-order valence-corrected chi connectivity index (χ3v) is 4.25. The maximum atomic E-state index is 13.5. The zero-order chi connectivity index (χ0) is 20.8. The molecule has 29 heavy (non-hydrogen) atoms. The van der Waals surface area contributed by atoms with Gasteiger partial charge in [-0.3, -0.25) is 9.36 Å². The predicted octanol–water partition coefficient (Wildman–Crippen LogP) is 2.80. The molecule has 0 radical (unpaired) electrons. The highest BCUT2D eigenvalue weighted by atomic mass is 19.1. The SMILES string of the molecule is Cc1ncn(-c2cc(NCCNC(=O)/C=C/c3cc(F)ccc3F)ncn2)c1C. The molecule has 0 unspecified atom stereocenters. The maximum Gasteiger partial charge on any atom is 0.244 e. The summed E-state index contributed by atoms with van der Waals surface area (Å²) < 4.78 is 28.5. The van der Waals surface area contributed by atoms with Crippen molar-refractivity contribution >= 4 is 17.8 Å². The number of amides is 1. The van der Waals surface area contributed by atoms with E-state index in [4.69, 9.17) is 0 Å². The van der Waals surface area contributed by atoms with Crippen LogP contribution in [0.2, 0.25) is 0 Å². The molecule has 0 spiro atoms. The molecule has 0 atom stereocenters. The zero-order valence-corrected chi connectivity index (χ0v) is 16.0. The fraction of sp³-hybridized carbons (Fsp3) is 0.200. The molecule has 0 aliphatic rings. The zero-order valence-electron chi connectivity index (χ0n) is 16.0. The van der Waals surface area contributed by atoms with Crippen LogP contribution in [0.4, 0.5) is 14.6 Å². The highest BCUT2D eigenvalue weighted by Gasteiger charge is 2.07. The molecule has 150 valence electrons. The van der Waals surface area contributed by atoms with Crippen LogP contribution < -0.4 is 10.6 Å². The Labute approximate surface area is 166 Å². The van der Waals surface area contributed by atoms with Crippen molar-refractivity contribution in [3.63, 3.8) is 0 Å². The fourth-order valence-corrected chi connectivity index (χ4v) is 2.55. The Balaban J connectivity index is 1.50. The summed E-state index contributed by atoms with van der Waals surface area (Å²) >= 11 is 0. The Morgan fingerprint density at radius 2 is 1.97 bits per heavy atom. The van der Waals surface area contributed by atoms with Gasteiger partial charge in [-0.1, -0.05) is 0 Å². The normalized spacial score (nSPS) is 11.0. The van der Waals surface area contributed by atoms with Gasteiger partial charge in [0.1, 0.15) is 35.9 Å². The van der Waals surface area contributed by atoms with E-state index in [9.17, 15) is 13.6 Å². The number of hydrogen-bond donors (Lipinski definition) is 2. The van der Waals surface area contributed by atoms with Gasteiger partial charge in [0.25, 0.3) is 0 Å². The third-order valence-electron chi connectivity index (χ3n) is 4.25. The predicted molar refractivity (Wildman–Crippen MR) is 106 cm³/mol. The largest absolute Gasteiger partial charge is 0.368 e. The molecular weight excluding hydrogens is 378 g/mol. The Morgan fingerprint density at radius 1 is 1.14 bits per heavy atom. The van der Waals surface area contributed by atoms with Gasteiger partial charge >= 0.3 is 0 Å². The van der Waals surface area contributed by atoms with Crippen molar-refractivity contribution in [1.29, 1.82) is 0 Å². The van der Waals surface area contributed by atoms with E-state index in [1.165, 1.54) is 12.4 Å². The van der Waals surface area contributed by atoms with Crippen molar-refractivity contribution in [2.75, 3.05) is 18.4 Å². The molecule has 0 saturated heterocycles. The van der Waals surface area contributed by atoms with Gasteiger partial charge in [-0.2, -0.15) is 0 Å². The van der Waals surface area contributed by atoms with Crippen LogP contribution in [0.1, 0.15) is 17.0 Å². The van der Waals surface area contributed by atoms with Crippen LogP contribution in [0.15, 0.2) is 43.0 Å². The number of carbonyl (C=O) groups is 1. The Hall–Kier alpha value is -3.62. The molecule has 3 aromatic rings. The number of benzene rings is 1. The molecule has 0 bridgehead atoms. The summed E-state index contributed by atoms with van der Waals surface area (Å²) in [6, 6.07) is 4.84. The number of halogens is 2. The number of nitrogens with zero attached hydrogens (tertiary/aromatic N) is 4. The van der Waals surface area contributed by atoms with E-state index >= 15 is 0 Å². The molecule has 0 saturated carbocycles. The minimum atomic E-state index is -0.597. The van der Waals surface area contributed by atoms with Crippen molar-refractivity contribution in [1.82, 2.24) is 24.8 Å².